The molecule has 29 heavy (non-hydrogen) atoms. The Morgan fingerprint density at radius 2 is 1.69 bits per heavy atom. The quantitative estimate of drug-likeness (QED) is 0.625. The number of rotatable bonds is 8. The number of nitrogens with one attached hydrogen (secondary N) is 2. The second-order valence-corrected chi connectivity index (χ2v) is 11.2. The van der Waals surface area contributed by atoms with Crippen LogP contribution in [-0.2, 0) is 19.6 Å². The lowest BCUT2D eigenvalue weighted by atomic mass is 10.2. The predicted octanol–water partition coefficient (Wildman–Crippen LogP) is 3.13. The number of benzene rings is 1. The van der Waals surface area contributed by atoms with E-state index in [0.29, 0.717) is 25.8 Å². The molecule has 2 rings (SSSR count). The summed E-state index contributed by atoms with van der Waals surface area (Å²) in [6.45, 7) is 11.2. The van der Waals surface area contributed by atoms with E-state index in [2.05, 4.69) is 28.8 Å². The molecule has 0 aliphatic carbocycles. The van der Waals surface area contributed by atoms with Crippen LogP contribution in [0.15, 0.2) is 24.3 Å². The molecule has 1 aliphatic rings. The van der Waals surface area contributed by atoms with Crippen LogP contribution in [0.4, 0.5) is 11.4 Å². The third kappa shape index (κ3) is 7.28. The van der Waals surface area contributed by atoms with Crippen molar-refractivity contribution in [1.82, 2.24) is 4.72 Å². The van der Waals surface area contributed by atoms with Crippen LogP contribution in [0.25, 0.3) is 0 Å². The third-order valence-electron chi connectivity index (χ3n) is 4.86. The minimum absolute atomic E-state index is 0.0648. The van der Waals surface area contributed by atoms with Crippen molar-refractivity contribution in [1.29, 1.82) is 0 Å². The predicted molar refractivity (Wildman–Crippen MR) is 118 cm³/mol. The molecule has 1 aromatic carbocycles. The molecule has 0 spiro atoms. The lowest BCUT2D eigenvalue weighted by Gasteiger charge is -2.36. The molecule has 164 valence electrons. The van der Waals surface area contributed by atoms with Gasteiger partial charge in [-0.25, -0.2) is 13.1 Å². The van der Waals surface area contributed by atoms with Gasteiger partial charge in [0, 0.05) is 37.4 Å². The molecule has 0 saturated carbocycles. The summed E-state index contributed by atoms with van der Waals surface area (Å²) in [4.78, 5) is 14.4. The second kappa shape index (κ2) is 9.91. The lowest BCUT2D eigenvalue weighted by molar-refractivity contribution is -0.116. The fourth-order valence-electron chi connectivity index (χ4n) is 3.20. The number of carbonyl (C=O) groups is 1. The number of nitrogens with zero attached hydrogens (tertiary/aromatic N) is 1. The lowest BCUT2D eigenvalue weighted by Crippen LogP contribution is -2.45. The number of sulfonamides is 1. The third-order valence-corrected chi connectivity index (χ3v) is 7.06. The number of unbranched alkanes of at least 4 members (excludes halogenated alkanes) is 1. The number of carbonyl (C=O) groups excluding carboxylic acids is 1. The molecular formula is C21H35N3O4S. The van der Waals surface area contributed by atoms with Gasteiger partial charge < -0.3 is 15.0 Å². The Labute approximate surface area is 175 Å². The first-order chi connectivity index (χ1) is 13.5. The maximum absolute atomic E-state index is 12.1. The smallest absolute Gasteiger partial charge is 0.224 e. The Hall–Kier alpha value is -1.64. The molecular weight excluding hydrogens is 390 g/mol. The minimum atomic E-state index is -3.33. The Morgan fingerprint density at radius 1 is 1.10 bits per heavy atom. The van der Waals surface area contributed by atoms with Crippen molar-refractivity contribution in [2.45, 2.75) is 70.8 Å². The molecule has 2 atom stereocenters. The second-order valence-electron chi connectivity index (χ2n) is 8.72. The first-order valence-corrected chi connectivity index (χ1v) is 11.8. The van der Waals surface area contributed by atoms with Crippen molar-refractivity contribution in [3.8, 4) is 0 Å². The number of morpholine rings is 1. The summed E-state index contributed by atoms with van der Waals surface area (Å²) >= 11 is 0. The van der Waals surface area contributed by atoms with Crippen LogP contribution in [0, 0.1) is 0 Å². The standard InChI is InChI=1S/C21H35N3O4S/c1-16-14-24(15-17(2)28-16)19-11-9-18(10-12-19)23-20(25)8-6-7-13-22-29(26,27)21(3,4)5/h9-12,16-17,22H,6-8,13-15H2,1-5H3,(H,23,25). The highest BCUT2D eigenvalue weighted by atomic mass is 32.2. The first kappa shape index (κ1) is 23.6. The number of amides is 1. The molecule has 0 aromatic heterocycles. The van der Waals surface area contributed by atoms with Crippen molar-refractivity contribution in [3.63, 3.8) is 0 Å². The first-order valence-electron chi connectivity index (χ1n) is 10.3. The average molecular weight is 426 g/mol. The molecule has 1 saturated heterocycles. The van der Waals surface area contributed by atoms with Gasteiger partial charge in [-0.1, -0.05) is 0 Å². The van der Waals surface area contributed by atoms with Gasteiger partial charge in [0.2, 0.25) is 15.9 Å². The monoisotopic (exact) mass is 425 g/mol. The van der Waals surface area contributed by atoms with Crippen LogP contribution in [-0.4, -0.2) is 50.9 Å². The van der Waals surface area contributed by atoms with E-state index in [4.69, 9.17) is 4.74 Å². The number of hydrogen-bond donors (Lipinski definition) is 2. The van der Waals surface area contributed by atoms with Crippen LogP contribution >= 0.6 is 0 Å². The zero-order valence-electron chi connectivity index (χ0n) is 18.2. The van der Waals surface area contributed by atoms with Gasteiger partial charge in [0.15, 0.2) is 0 Å². The molecule has 2 N–H and O–H groups in total. The molecule has 1 fully saturated rings. The van der Waals surface area contributed by atoms with E-state index < -0.39 is 14.8 Å². The Kier molecular flexibility index (Phi) is 8.08. The summed E-state index contributed by atoms with van der Waals surface area (Å²) in [5, 5.41) is 2.90. The maximum Gasteiger partial charge on any atom is 0.224 e. The van der Waals surface area contributed by atoms with E-state index in [9.17, 15) is 13.2 Å². The fraction of sp³-hybridized carbons (Fsp3) is 0.667. The SMILES string of the molecule is CC1CN(c2ccc(NC(=O)CCCCNS(=O)(=O)C(C)(C)C)cc2)CC(C)O1. The van der Waals surface area contributed by atoms with Gasteiger partial charge in [-0.15, -0.1) is 0 Å². The average Bonchev–Trinajstić information content (AvgIpc) is 2.60. The number of anilines is 2. The Bertz CT molecular complexity index is 762. The molecule has 2 unspecified atom stereocenters. The van der Waals surface area contributed by atoms with Crippen LogP contribution < -0.4 is 14.9 Å². The van der Waals surface area contributed by atoms with Gasteiger partial charge in [-0.05, 0) is 71.7 Å². The van der Waals surface area contributed by atoms with Crippen molar-refractivity contribution >= 4 is 27.3 Å². The summed E-state index contributed by atoms with van der Waals surface area (Å²) in [5.41, 5.74) is 1.89. The fourth-order valence-corrected chi connectivity index (χ4v) is 4.05. The van der Waals surface area contributed by atoms with E-state index >= 15 is 0 Å². The zero-order chi connectivity index (χ0) is 21.7. The van der Waals surface area contributed by atoms with E-state index in [-0.39, 0.29) is 18.1 Å². The van der Waals surface area contributed by atoms with Crippen LogP contribution in [0.1, 0.15) is 53.9 Å². The largest absolute Gasteiger partial charge is 0.372 e. The van der Waals surface area contributed by atoms with Gasteiger partial charge in [0.05, 0.1) is 17.0 Å². The number of ether oxygens (including phenoxy) is 1. The molecule has 7 nitrogen and oxygen atoms in total. The van der Waals surface area contributed by atoms with Gasteiger partial charge >= 0.3 is 0 Å². The molecule has 8 heteroatoms. The van der Waals surface area contributed by atoms with E-state index in [1.807, 2.05) is 24.3 Å². The van der Waals surface area contributed by atoms with Crippen molar-refractivity contribution < 1.29 is 17.9 Å². The van der Waals surface area contributed by atoms with Crippen LogP contribution in [0.2, 0.25) is 0 Å². The van der Waals surface area contributed by atoms with E-state index in [1.54, 1.807) is 20.8 Å². The highest BCUT2D eigenvalue weighted by Crippen LogP contribution is 2.22. The minimum Gasteiger partial charge on any atom is -0.372 e. The molecule has 0 bridgehead atoms. The Balaban J connectivity index is 1.73. The molecule has 0 radical (unpaired) electrons. The van der Waals surface area contributed by atoms with Crippen LogP contribution in [0.5, 0.6) is 0 Å². The Morgan fingerprint density at radius 3 is 2.24 bits per heavy atom. The molecule has 1 amide bonds. The summed E-state index contributed by atoms with van der Waals surface area (Å²) in [6.07, 6.45) is 2.00. The van der Waals surface area contributed by atoms with Crippen molar-refractivity contribution in [2.75, 3.05) is 29.9 Å². The topological polar surface area (TPSA) is 87.7 Å². The maximum atomic E-state index is 12.1. The summed E-state index contributed by atoms with van der Waals surface area (Å²) in [7, 11) is -3.33. The van der Waals surface area contributed by atoms with Gasteiger partial charge in [0.25, 0.3) is 0 Å². The van der Waals surface area contributed by atoms with Crippen LogP contribution in [0.3, 0.4) is 0 Å². The molecule has 1 aromatic rings. The van der Waals surface area contributed by atoms with Gasteiger partial charge in [-0.3, -0.25) is 4.79 Å². The van der Waals surface area contributed by atoms with Crippen molar-refractivity contribution in [3.05, 3.63) is 24.3 Å². The van der Waals surface area contributed by atoms with Gasteiger partial charge in [-0.2, -0.15) is 0 Å². The summed E-state index contributed by atoms with van der Waals surface area (Å²) in [5.74, 6) is -0.0648. The van der Waals surface area contributed by atoms with E-state index in [1.165, 1.54) is 0 Å². The normalized spacial score (nSPS) is 20.5. The van der Waals surface area contributed by atoms with Crippen molar-refractivity contribution in [2.24, 2.45) is 0 Å². The molecule has 1 aliphatic heterocycles. The summed E-state index contributed by atoms with van der Waals surface area (Å²) < 4.78 is 31.5. The van der Waals surface area contributed by atoms with Gasteiger partial charge in [0.1, 0.15) is 0 Å². The number of hydrogen-bond acceptors (Lipinski definition) is 5. The van der Waals surface area contributed by atoms with E-state index in [0.717, 1.165) is 24.5 Å². The summed E-state index contributed by atoms with van der Waals surface area (Å²) in [6, 6.07) is 7.86. The highest BCUT2D eigenvalue weighted by Gasteiger charge is 2.28. The molecule has 1 heterocycles. The zero-order valence-corrected chi connectivity index (χ0v) is 19.0. The highest BCUT2D eigenvalue weighted by molar-refractivity contribution is 7.90.